The van der Waals surface area contributed by atoms with Crippen molar-refractivity contribution >= 4 is 45.0 Å². The SMILES string of the molecule is O=C(COc1ccc(I)cc1)Nc1nc(CN2CCOCC2)cs1. The molecule has 0 aliphatic carbocycles. The highest BCUT2D eigenvalue weighted by molar-refractivity contribution is 14.1. The predicted molar refractivity (Wildman–Crippen MR) is 101 cm³/mol. The molecule has 1 aromatic heterocycles. The largest absolute Gasteiger partial charge is 0.484 e. The molecule has 0 atom stereocenters. The Balaban J connectivity index is 1.45. The highest BCUT2D eigenvalue weighted by Gasteiger charge is 2.13. The van der Waals surface area contributed by atoms with Crippen LogP contribution in [-0.4, -0.2) is 48.7 Å². The number of benzene rings is 1. The molecule has 0 spiro atoms. The Kier molecular flexibility index (Phi) is 6.41. The van der Waals surface area contributed by atoms with E-state index in [2.05, 4.69) is 37.8 Å². The third kappa shape index (κ3) is 5.40. The summed E-state index contributed by atoms with van der Waals surface area (Å²) in [6, 6.07) is 7.57. The van der Waals surface area contributed by atoms with Crippen LogP contribution in [-0.2, 0) is 16.1 Å². The molecule has 1 amide bonds. The van der Waals surface area contributed by atoms with E-state index in [0.29, 0.717) is 10.9 Å². The molecule has 3 rings (SSSR count). The molecule has 128 valence electrons. The molecule has 2 heterocycles. The minimum Gasteiger partial charge on any atom is -0.484 e. The number of nitrogens with one attached hydrogen (secondary N) is 1. The fraction of sp³-hybridized carbons (Fsp3) is 0.375. The molecule has 0 unspecified atom stereocenters. The van der Waals surface area contributed by atoms with Crippen LogP contribution in [0.2, 0.25) is 0 Å². The van der Waals surface area contributed by atoms with Crippen molar-refractivity contribution in [2.45, 2.75) is 6.54 Å². The Bertz CT molecular complexity index is 671. The predicted octanol–water partition coefficient (Wildman–Crippen LogP) is 2.60. The number of aromatic nitrogens is 1. The number of carbonyl (C=O) groups is 1. The van der Waals surface area contributed by atoms with E-state index in [-0.39, 0.29) is 12.5 Å². The number of anilines is 1. The van der Waals surface area contributed by atoms with Gasteiger partial charge in [0.25, 0.3) is 5.91 Å². The second-order valence-electron chi connectivity index (χ2n) is 5.32. The number of halogens is 1. The third-order valence-corrected chi connectivity index (χ3v) is 5.00. The van der Waals surface area contributed by atoms with Crippen molar-refractivity contribution in [3.8, 4) is 5.75 Å². The minimum atomic E-state index is -0.208. The number of rotatable bonds is 6. The normalized spacial score (nSPS) is 15.2. The zero-order valence-corrected chi connectivity index (χ0v) is 16.0. The quantitative estimate of drug-likeness (QED) is 0.674. The molecule has 1 aliphatic rings. The minimum absolute atomic E-state index is 0.0288. The van der Waals surface area contributed by atoms with Gasteiger partial charge >= 0.3 is 0 Å². The van der Waals surface area contributed by atoms with Crippen LogP contribution in [0.25, 0.3) is 0 Å². The molecule has 1 saturated heterocycles. The van der Waals surface area contributed by atoms with E-state index in [1.807, 2.05) is 29.6 Å². The van der Waals surface area contributed by atoms with Crippen molar-refractivity contribution in [1.82, 2.24) is 9.88 Å². The molecule has 1 N–H and O–H groups in total. The van der Waals surface area contributed by atoms with Gasteiger partial charge in [-0.3, -0.25) is 15.0 Å². The first kappa shape index (κ1) is 17.6. The lowest BCUT2D eigenvalue weighted by Crippen LogP contribution is -2.35. The molecule has 8 heteroatoms. The van der Waals surface area contributed by atoms with Gasteiger partial charge in [0.2, 0.25) is 0 Å². The summed E-state index contributed by atoms with van der Waals surface area (Å²) in [5.74, 6) is 0.471. The summed E-state index contributed by atoms with van der Waals surface area (Å²) in [5.41, 5.74) is 0.968. The number of thiazole rings is 1. The Morgan fingerprint density at radius 1 is 1.33 bits per heavy atom. The van der Waals surface area contributed by atoms with Crippen LogP contribution in [0.3, 0.4) is 0 Å². The molecule has 6 nitrogen and oxygen atoms in total. The second-order valence-corrected chi connectivity index (χ2v) is 7.43. The van der Waals surface area contributed by atoms with E-state index < -0.39 is 0 Å². The average molecular weight is 459 g/mol. The monoisotopic (exact) mass is 459 g/mol. The summed E-state index contributed by atoms with van der Waals surface area (Å²) in [6.07, 6.45) is 0. The number of morpholine rings is 1. The lowest BCUT2D eigenvalue weighted by atomic mass is 10.3. The first-order chi connectivity index (χ1) is 11.7. The smallest absolute Gasteiger partial charge is 0.264 e. The van der Waals surface area contributed by atoms with Gasteiger partial charge in [-0.1, -0.05) is 0 Å². The van der Waals surface area contributed by atoms with Crippen molar-refractivity contribution in [3.63, 3.8) is 0 Å². The summed E-state index contributed by atoms with van der Waals surface area (Å²) in [4.78, 5) is 18.7. The lowest BCUT2D eigenvalue weighted by molar-refractivity contribution is -0.118. The molecule has 1 aliphatic heterocycles. The summed E-state index contributed by atoms with van der Waals surface area (Å²) in [7, 11) is 0. The maximum Gasteiger partial charge on any atom is 0.264 e. The number of hydrogen-bond acceptors (Lipinski definition) is 6. The fourth-order valence-corrected chi connectivity index (χ4v) is 3.34. The summed E-state index contributed by atoms with van der Waals surface area (Å²) in [5, 5.41) is 5.36. The maximum atomic E-state index is 12.0. The van der Waals surface area contributed by atoms with Crippen LogP contribution in [0.1, 0.15) is 5.69 Å². The van der Waals surface area contributed by atoms with E-state index in [0.717, 1.165) is 42.1 Å². The van der Waals surface area contributed by atoms with Crippen LogP contribution in [0, 0.1) is 3.57 Å². The first-order valence-electron chi connectivity index (χ1n) is 7.62. The molecular weight excluding hydrogens is 441 g/mol. The molecule has 2 aromatic rings. The molecular formula is C16H18IN3O3S. The van der Waals surface area contributed by atoms with E-state index >= 15 is 0 Å². The molecule has 1 aromatic carbocycles. The molecule has 1 fully saturated rings. The van der Waals surface area contributed by atoms with Gasteiger partial charge in [0, 0.05) is 28.6 Å². The Labute approximate surface area is 158 Å². The summed E-state index contributed by atoms with van der Waals surface area (Å²) >= 11 is 3.66. The maximum absolute atomic E-state index is 12.0. The topological polar surface area (TPSA) is 63.7 Å². The highest BCUT2D eigenvalue weighted by atomic mass is 127. The number of amides is 1. The zero-order valence-electron chi connectivity index (χ0n) is 13.0. The van der Waals surface area contributed by atoms with Gasteiger partial charge in [-0.25, -0.2) is 4.98 Å². The lowest BCUT2D eigenvalue weighted by Gasteiger charge is -2.25. The zero-order chi connectivity index (χ0) is 16.8. The van der Waals surface area contributed by atoms with Gasteiger partial charge < -0.3 is 9.47 Å². The van der Waals surface area contributed by atoms with Crippen molar-refractivity contribution in [3.05, 3.63) is 38.9 Å². The van der Waals surface area contributed by atoms with Crippen molar-refractivity contribution < 1.29 is 14.3 Å². The number of ether oxygens (including phenoxy) is 2. The molecule has 0 bridgehead atoms. The molecule has 24 heavy (non-hydrogen) atoms. The Hall–Kier alpha value is -1.23. The van der Waals surface area contributed by atoms with Crippen molar-refractivity contribution in [1.29, 1.82) is 0 Å². The average Bonchev–Trinajstić information content (AvgIpc) is 3.02. The van der Waals surface area contributed by atoms with Crippen LogP contribution in [0.5, 0.6) is 5.75 Å². The van der Waals surface area contributed by atoms with Gasteiger partial charge in [0.1, 0.15) is 5.75 Å². The van der Waals surface area contributed by atoms with Gasteiger partial charge in [0.05, 0.1) is 18.9 Å². The van der Waals surface area contributed by atoms with E-state index in [4.69, 9.17) is 9.47 Å². The van der Waals surface area contributed by atoms with Gasteiger partial charge in [0.15, 0.2) is 11.7 Å². The second kappa shape index (κ2) is 8.75. The highest BCUT2D eigenvalue weighted by Crippen LogP contribution is 2.18. The Morgan fingerprint density at radius 2 is 2.08 bits per heavy atom. The summed E-state index contributed by atoms with van der Waals surface area (Å²) < 4.78 is 11.9. The molecule has 0 radical (unpaired) electrons. The standard InChI is InChI=1S/C16H18IN3O3S/c17-12-1-3-14(4-2-12)23-10-15(21)19-16-18-13(11-24-16)9-20-5-7-22-8-6-20/h1-4,11H,5-10H2,(H,18,19,21). The van der Waals surface area contributed by atoms with Crippen molar-refractivity contribution in [2.24, 2.45) is 0 Å². The van der Waals surface area contributed by atoms with Gasteiger partial charge in [-0.15, -0.1) is 11.3 Å². The Morgan fingerprint density at radius 3 is 2.83 bits per heavy atom. The number of carbonyl (C=O) groups excluding carboxylic acids is 1. The van der Waals surface area contributed by atoms with Crippen LogP contribution in [0.15, 0.2) is 29.6 Å². The number of nitrogens with zero attached hydrogens (tertiary/aromatic N) is 2. The molecule has 0 saturated carbocycles. The van der Waals surface area contributed by atoms with Gasteiger partial charge in [-0.2, -0.15) is 0 Å². The van der Waals surface area contributed by atoms with Crippen molar-refractivity contribution in [2.75, 3.05) is 38.2 Å². The van der Waals surface area contributed by atoms with E-state index in [9.17, 15) is 4.79 Å². The fourth-order valence-electron chi connectivity index (χ4n) is 2.26. The first-order valence-corrected chi connectivity index (χ1v) is 9.57. The van der Waals surface area contributed by atoms with Crippen LogP contribution < -0.4 is 10.1 Å². The van der Waals surface area contributed by atoms with Crippen LogP contribution >= 0.6 is 33.9 Å². The third-order valence-electron chi connectivity index (χ3n) is 3.47. The number of hydrogen-bond donors (Lipinski definition) is 1. The van der Waals surface area contributed by atoms with Crippen LogP contribution in [0.4, 0.5) is 5.13 Å². The van der Waals surface area contributed by atoms with E-state index in [1.54, 1.807) is 0 Å². The van der Waals surface area contributed by atoms with Gasteiger partial charge in [-0.05, 0) is 46.9 Å². The van der Waals surface area contributed by atoms with E-state index in [1.165, 1.54) is 11.3 Å². The summed E-state index contributed by atoms with van der Waals surface area (Å²) in [6.45, 7) is 4.13.